The van der Waals surface area contributed by atoms with Crippen LogP contribution in [-0.2, 0) is 14.3 Å². The van der Waals surface area contributed by atoms with E-state index in [2.05, 4.69) is 11.3 Å². The van der Waals surface area contributed by atoms with Gasteiger partial charge in [0.2, 0.25) is 0 Å². The van der Waals surface area contributed by atoms with Crippen LogP contribution in [0.5, 0.6) is 0 Å². The second kappa shape index (κ2) is 5.60. The first-order chi connectivity index (χ1) is 6.74. The summed E-state index contributed by atoms with van der Waals surface area (Å²) in [5.74, 6) is -0.359. The Morgan fingerprint density at radius 3 is 2.86 bits per heavy atom. The molecule has 1 saturated heterocycles. The van der Waals surface area contributed by atoms with Gasteiger partial charge in [0, 0.05) is 12.7 Å². The molecular formula is C11H16O3. The van der Waals surface area contributed by atoms with E-state index >= 15 is 0 Å². The topological polar surface area (TPSA) is 35.5 Å². The molecule has 0 amide bonds. The van der Waals surface area contributed by atoms with E-state index in [-0.39, 0.29) is 12.1 Å². The van der Waals surface area contributed by atoms with Gasteiger partial charge in [-0.3, -0.25) is 0 Å². The minimum Gasteiger partial charge on any atom is -0.466 e. The molecule has 0 aliphatic carbocycles. The van der Waals surface area contributed by atoms with Crippen LogP contribution in [0.1, 0.15) is 19.3 Å². The first-order valence-corrected chi connectivity index (χ1v) is 4.80. The van der Waals surface area contributed by atoms with Gasteiger partial charge < -0.3 is 9.47 Å². The molecule has 0 N–H and O–H groups in total. The lowest BCUT2D eigenvalue weighted by Gasteiger charge is -2.22. The molecule has 3 nitrogen and oxygen atoms in total. The quantitative estimate of drug-likeness (QED) is 0.392. The Bertz CT molecular complexity index is 237. The molecule has 1 heterocycles. The van der Waals surface area contributed by atoms with Gasteiger partial charge in [-0.2, -0.15) is 0 Å². The van der Waals surface area contributed by atoms with Gasteiger partial charge in [0.15, 0.2) is 0 Å². The SMILES string of the molecule is C=C(/C=C/C(=O)OC)C1CCCCO1. The summed E-state index contributed by atoms with van der Waals surface area (Å²) < 4.78 is 9.98. The van der Waals surface area contributed by atoms with Crippen LogP contribution in [0.2, 0.25) is 0 Å². The zero-order valence-electron chi connectivity index (χ0n) is 8.49. The summed E-state index contributed by atoms with van der Waals surface area (Å²) in [5, 5.41) is 0. The fourth-order valence-corrected chi connectivity index (χ4v) is 1.38. The fourth-order valence-electron chi connectivity index (χ4n) is 1.38. The lowest BCUT2D eigenvalue weighted by atomic mass is 10.0. The molecule has 1 unspecified atom stereocenters. The lowest BCUT2D eigenvalue weighted by Crippen LogP contribution is -2.20. The lowest BCUT2D eigenvalue weighted by molar-refractivity contribution is -0.134. The van der Waals surface area contributed by atoms with Gasteiger partial charge in [-0.1, -0.05) is 6.58 Å². The summed E-state index contributed by atoms with van der Waals surface area (Å²) in [6.45, 7) is 4.65. The molecular weight excluding hydrogens is 180 g/mol. The number of carbonyl (C=O) groups excluding carboxylic acids is 1. The van der Waals surface area contributed by atoms with Gasteiger partial charge in [-0.15, -0.1) is 0 Å². The van der Waals surface area contributed by atoms with Gasteiger partial charge in [-0.25, -0.2) is 4.79 Å². The molecule has 1 rings (SSSR count). The van der Waals surface area contributed by atoms with Gasteiger partial charge >= 0.3 is 5.97 Å². The molecule has 3 heteroatoms. The molecule has 0 bridgehead atoms. The van der Waals surface area contributed by atoms with Crippen LogP contribution in [0.4, 0.5) is 0 Å². The fraction of sp³-hybridized carbons (Fsp3) is 0.545. The van der Waals surface area contributed by atoms with Crippen molar-refractivity contribution in [3.8, 4) is 0 Å². The van der Waals surface area contributed by atoms with E-state index < -0.39 is 0 Å². The molecule has 14 heavy (non-hydrogen) atoms. The highest BCUT2D eigenvalue weighted by molar-refractivity contribution is 5.82. The van der Waals surface area contributed by atoms with Crippen LogP contribution in [0.3, 0.4) is 0 Å². The normalized spacial score (nSPS) is 22.2. The number of ether oxygens (including phenoxy) is 2. The van der Waals surface area contributed by atoms with Crippen molar-refractivity contribution in [2.45, 2.75) is 25.4 Å². The van der Waals surface area contributed by atoms with Crippen molar-refractivity contribution < 1.29 is 14.3 Å². The minimum absolute atomic E-state index is 0.0738. The van der Waals surface area contributed by atoms with E-state index in [0.717, 1.165) is 31.4 Å². The van der Waals surface area contributed by atoms with Crippen LogP contribution >= 0.6 is 0 Å². The van der Waals surface area contributed by atoms with E-state index in [1.807, 2.05) is 0 Å². The molecule has 1 atom stereocenters. The maximum Gasteiger partial charge on any atom is 0.330 e. The standard InChI is InChI=1S/C11H16O3/c1-9(6-7-11(12)13-2)10-5-3-4-8-14-10/h6-7,10H,1,3-5,8H2,2H3/b7-6+. The molecule has 0 aromatic heterocycles. The predicted octanol–water partition coefficient (Wildman–Crippen LogP) is 1.84. The number of rotatable bonds is 3. The van der Waals surface area contributed by atoms with Crippen molar-refractivity contribution in [2.24, 2.45) is 0 Å². The molecule has 0 aromatic rings. The van der Waals surface area contributed by atoms with Crippen LogP contribution in [0, 0.1) is 0 Å². The highest BCUT2D eigenvalue weighted by Gasteiger charge is 2.15. The molecule has 0 saturated carbocycles. The Balaban J connectivity index is 2.40. The average Bonchev–Trinajstić information content (AvgIpc) is 2.26. The van der Waals surface area contributed by atoms with Crippen molar-refractivity contribution in [1.82, 2.24) is 0 Å². The van der Waals surface area contributed by atoms with Gasteiger partial charge in [0.1, 0.15) is 0 Å². The number of methoxy groups -OCH3 is 1. The number of hydrogen-bond donors (Lipinski definition) is 0. The second-order valence-electron chi connectivity index (χ2n) is 3.29. The third-order valence-corrected chi connectivity index (χ3v) is 2.23. The summed E-state index contributed by atoms with van der Waals surface area (Å²) in [7, 11) is 1.35. The van der Waals surface area contributed by atoms with Crippen molar-refractivity contribution in [1.29, 1.82) is 0 Å². The number of esters is 1. The monoisotopic (exact) mass is 196 g/mol. The average molecular weight is 196 g/mol. The summed E-state index contributed by atoms with van der Waals surface area (Å²) >= 11 is 0. The predicted molar refractivity (Wildman–Crippen MR) is 53.9 cm³/mol. The van der Waals surface area contributed by atoms with Crippen molar-refractivity contribution in [3.63, 3.8) is 0 Å². The van der Waals surface area contributed by atoms with E-state index in [4.69, 9.17) is 4.74 Å². The van der Waals surface area contributed by atoms with Crippen LogP contribution in [-0.4, -0.2) is 25.8 Å². The molecule has 0 radical (unpaired) electrons. The van der Waals surface area contributed by atoms with Gasteiger partial charge in [-0.05, 0) is 30.9 Å². The molecule has 0 aromatic carbocycles. The maximum absolute atomic E-state index is 10.8. The zero-order valence-corrected chi connectivity index (χ0v) is 8.49. The Morgan fingerprint density at radius 2 is 2.29 bits per heavy atom. The highest BCUT2D eigenvalue weighted by Crippen LogP contribution is 2.19. The Hall–Kier alpha value is -1.09. The Morgan fingerprint density at radius 1 is 1.50 bits per heavy atom. The first kappa shape index (κ1) is 11.0. The van der Waals surface area contributed by atoms with Crippen LogP contribution in [0.25, 0.3) is 0 Å². The first-order valence-electron chi connectivity index (χ1n) is 4.80. The number of hydrogen-bond acceptors (Lipinski definition) is 3. The molecule has 0 spiro atoms. The van der Waals surface area contributed by atoms with E-state index in [0.29, 0.717) is 0 Å². The van der Waals surface area contributed by atoms with E-state index in [1.165, 1.54) is 13.2 Å². The highest BCUT2D eigenvalue weighted by atomic mass is 16.5. The van der Waals surface area contributed by atoms with Gasteiger partial charge in [0.25, 0.3) is 0 Å². The number of carbonyl (C=O) groups is 1. The van der Waals surface area contributed by atoms with Crippen molar-refractivity contribution >= 4 is 5.97 Å². The van der Waals surface area contributed by atoms with E-state index in [9.17, 15) is 4.79 Å². The minimum atomic E-state index is -0.359. The third-order valence-electron chi connectivity index (χ3n) is 2.23. The molecule has 1 aliphatic heterocycles. The summed E-state index contributed by atoms with van der Waals surface area (Å²) in [6, 6.07) is 0. The van der Waals surface area contributed by atoms with Crippen LogP contribution < -0.4 is 0 Å². The second-order valence-corrected chi connectivity index (χ2v) is 3.29. The summed E-state index contributed by atoms with van der Waals surface area (Å²) in [6.07, 6.45) is 6.39. The summed E-state index contributed by atoms with van der Waals surface area (Å²) in [4.78, 5) is 10.8. The maximum atomic E-state index is 10.8. The Kier molecular flexibility index (Phi) is 4.40. The van der Waals surface area contributed by atoms with Crippen molar-refractivity contribution in [2.75, 3.05) is 13.7 Å². The Labute approximate surface area is 84.4 Å². The summed E-state index contributed by atoms with van der Waals surface area (Å²) in [5.41, 5.74) is 0.843. The third kappa shape index (κ3) is 3.34. The molecule has 78 valence electrons. The van der Waals surface area contributed by atoms with Crippen LogP contribution in [0.15, 0.2) is 24.3 Å². The van der Waals surface area contributed by atoms with Crippen molar-refractivity contribution in [3.05, 3.63) is 24.3 Å². The van der Waals surface area contributed by atoms with Gasteiger partial charge in [0.05, 0.1) is 13.2 Å². The zero-order chi connectivity index (χ0) is 10.4. The molecule has 1 aliphatic rings. The smallest absolute Gasteiger partial charge is 0.330 e. The van der Waals surface area contributed by atoms with E-state index in [1.54, 1.807) is 6.08 Å². The molecule has 1 fully saturated rings. The largest absolute Gasteiger partial charge is 0.466 e.